The molecule has 0 aromatic heterocycles. The van der Waals surface area contributed by atoms with Gasteiger partial charge in [0.15, 0.2) is 0 Å². The predicted molar refractivity (Wildman–Crippen MR) is 84.0 cm³/mol. The van der Waals surface area contributed by atoms with Crippen molar-refractivity contribution in [2.75, 3.05) is 18.2 Å². The van der Waals surface area contributed by atoms with Crippen LogP contribution < -0.4 is 5.32 Å². The normalized spacial score (nSPS) is 11.8. The van der Waals surface area contributed by atoms with E-state index in [1.807, 2.05) is 0 Å². The number of nitrogens with one attached hydrogen (secondary N) is 1. The van der Waals surface area contributed by atoms with Crippen molar-refractivity contribution in [1.29, 1.82) is 0 Å². The van der Waals surface area contributed by atoms with Crippen molar-refractivity contribution in [3.8, 4) is 0 Å². The van der Waals surface area contributed by atoms with Crippen LogP contribution in [0.15, 0.2) is 23.1 Å². The van der Waals surface area contributed by atoms with Crippen LogP contribution >= 0.6 is 11.8 Å². The van der Waals surface area contributed by atoms with E-state index in [9.17, 15) is 22.8 Å². The van der Waals surface area contributed by atoms with Gasteiger partial charge < -0.3 is 9.47 Å². The zero-order valence-electron chi connectivity index (χ0n) is 13.6. The van der Waals surface area contributed by atoms with E-state index in [-0.39, 0.29) is 16.3 Å². The fourth-order valence-electron chi connectivity index (χ4n) is 1.53. The second kappa shape index (κ2) is 7.78. The first-order valence-electron chi connectivity index (χ1n) is 6.83. The summed E-state index contributed by atoms with van der Waals surface area (Å²) in [5, 5.41) is 2.39. The van der Waals surface area contributed by atoms with Crippen LogP contribution in [0.25, 0.3) is 0 Å². The third-order valence-corrected chi connectivity index (χ3v) is 3.55. The van der Waals surface area contributed by atoms with Gasteiger partial charge in [-0.25, -0.2) is 4.79 Å². The lowest BCUT2D eigenvalue weighted by molar-refractivity contribution is -0.138. The molecule has 0 aliphatic carbocycles. The number of carbonyl (C=O) groups excluding carboxylic acids is 2. The highest BCUT2D eigenvalue weighted by Crippen LogP contribution is 2.36. The van der Waals surface area contributed by atoms with Gasteiger partial charge in [-0.15, -0.1) is 11.8 Å². The summed E-state index contributed by atoms with van der Waals surface area (Å²) in [6.07, 6.45) is -5.34. The van der Waals surface area contributed by atoms with Crippen molar-refractivity contribution >= 4 is 29.5 Å². The second-order valence-electron chi connectivity index (χ2n) is 5.70. The van der Waals surface area contributed by atoms with Crippen molar-refractivity contribution in [3.05, 3.63) is 23.8 Å². The molecular formula is C15H18F3NO4S. The Morgan fingerprint density at radius 3 is 2.33 bits per heavy atom. The Labute approximate surface area is 141 Å². The van der Waals surface area contributed by atoms with Crippen LogP contribution in [-0.2, 0) is 20.4 Å². The molecular weight excluding hydrogens is 347 g/mol. The average Bonchev–Trinajstić information content (AvgIpc) is 2.42. The zero-order valence-corrected chi connectivity index (χ0v) is 14.4. The van der Waals surface area contributed by atoms with Crippen LogP contribution in [0.2, 0.25) is 0 Å². The summed E-state index contributed by atoms with van der Waals surface area (Å²) in [7, 11) is 1.18. The van der Waals surface area contributed by atoms with Gasteiger partial charge in [0.25, 0.3) is 0 Å². The molecule has 1 aromatic rings. The first-order valence-corrected chi connectivity index (χ1v) is 7.82. The highest BCUT2D eigenvalue weighted by atomic mass is 32.2. The number of rotatable bonds is 4. The number of alkyl halides is 3. The van der Waals surface area contributed by atoms with Crippen LogP contribution in [0, 0.1) is 0 Å². The van der Waals surface area contributed by atoms with Gasteiger partial charge in [0.2, 0.25) is 0 Å². The van der Waals surface area contributed by atoms with Crippen molar-refractivity contribution < 1.29 is 32.2 Å². The van der Waals surface area contributed by atoms with Gasteiger partial charge in [0, 0.05) is 4.90 Å². The second-order valence-corrected chi connectivity index (χ2v) is 6.72. The fourth-order valence-corrected chi connectivity index (χ4v) is 2.41. The lowest BCUT2D eigenvalue weighted by Crippen LogP contribution is -2.27. The fraction of sp³-hybridized carbons (Fsp3) is 0.467. The van der Waals surface area contributed by atoms with E-state index in [1.165, 1.54) is 7.11 Å². The summed E-state index contributed by atoms with van der Waals surface area (Å²) in [6.45, 7) is 4.98. The summed E-state index contributed by atoms with van der Waals surface area (Å²) in [6, 6.07) is 2.82. The maximum Gasteiger partial charge on any atom is 0.416 e. The first-order chi connectivity index (χ1) is 10.9. The van der Waals surface area contributed by atoms with Crippen LogP contribution in [0.3, 0.4) is 0 Å². The highest BCUT2D eigenvalue weighted by molar-refractivity contribution is 8.00. The molecule has 0 heterocycles. The molecule has 0 fully saturated rings. The molecule has 1 amide bonds. The molecule has 0 saturated heterocycles. The zero-order chi connectivity index (χ0) is 18.5. The summed E-state index contributed by atoms with van der Waals surface area (Å²) < 4.78 is 48.0. The molecule has 0 aliphatic heterocycles. The smallest absolute Gasteiger partial charge is 0.416 e. The minimum atomic E-state index is -4.54. The Morgan fingerprint density at radius 1 is 1.21 bits per heavy atom. The van der Waals surface area contributed by atoms with Gasteiger partial charge in [-0.2, -0.15) is 13.2 Å². The Bertz CT molecular complexity index is 612. The van der Waals surface area contributed by atoms with Gasteiger partial charge in [-0.1, -0.05) is 0 Å². The van der Waals surface area contributed by atoms with Crippen molar-refractivity contribution in [2.24, 2.45) is 0 Å². The van der Waals surface area contributed by atoms with Gasteiger partial charge in [0.1, 0.15) is 5.60 Å². The number of ether oxygens (including phenoxy) is 2. The summed E-state index contributed by atoms with van der Waals surface area (Å²) in [4.78, 5) is 23.1. The number of anilines is 1. The molecule has 24 heavy (non-hydrogen) atoms. The molecule has 1 rings (SSSR count). The molecule has 5 nitrogen and oxygen atoms in total. The Kier molecular flexibility index (Phi) is 6.53. The molecule has 134 valence electrons. The number of methoxy groups -OCH3 is 1. The molecule has 9 heteroatoms. The predicted octanol–water partition coefficient (Wildman–Crippen LogP) is 4.32. The average molecular weight is 365 g/mol. The molecule has 0 radical (unpaired) electrons. The van der Waals surface area contributed by atoms with Crippen molar-refractivity contribution in [3.63, 3.8) is 0 Å². The standard InChI is InChI=1S/C15H18F3NO4S/c1-14(2,3)23-13(21)19-10-6-5-9(15(16,17)18)7-11(10)24-8-12(20)22-4/h5-7H,8H2,1-4H3,(H,19,21). The lowest BCUT2D eigenvalue weighted by Gasteiger charge is -2.20. The quantitative estimate of drug-likeness (QED) is 0.636. The summed E-state index contributed by atoms with van der Waals surface area (Å²) in [5.74, 6) is -0.790. The number of hydrogen-bond donors (Lipinski definition) is 1. The van der Waals surface area contributed by atoms with Crippen LogP contribution in [0.5, 0.6) is 0 Å². The minimum Gasteiger partial charge on any atom is -0.468 e. The Morgan fingerprint density at radius 2 is 1.83 bits per heavy atom. The maximum atomic E-state index is 12.8. The molecule has 0 bridgehead atoms. The van der Waals surface area contributed by atoms with E-state index >= 15 is 0 Å². The number of thioether (sulfide) groups is 1. The summed E-state index contributed by atoms with van der Waals surface area (Å²) >= 11 is 0.825. The van der Waals surface area contributed by atoms with E-state index in [0.717, 1.165) is 30.0 Å². The minimum absolute atomic E-state index is 0.0843. The number of halogens is 3. The SMILES string of the molecule is COC(=O)CSc1cc(C(F)(F)F)ccc1NC(=O)OC(C)(C)C. The molecule has 0 spiro atoms. The first kappa shape index (κ1) is 20.1. The van der Waals surface area contributed by atoms with Gasteiger partial charge in [0.05, 0.1) is 24.1 Å². The highest BCUT2D eigenvalue weighted by Gasteiger charge is 2.31. The van der Waals surface area contributed by atoms with Crippen LogP contribution in [0.4, 0.5) is 23.7 Å². The van der Waals surface area contributed by atoms with Gasteiger partial charge >= 0.3 is 18.2 Å². The molecule has 0 unspecified atom stereocenters. The number of hydrogen-bond acceptors (Lipinski definition) is 5. The molecule has 0 saturated carbocycles. The lowest BCUT2D eigenvalue weighted by atomic mass is 10.2. The largest absolute Gasteiger partial charge is 0.468 e. The molecule has 0 atom stereocenters. The number of benzene rings is 1. The Balaban J connectivity index is 3.04. The molecule has 1 aromatic carbocycles. The number of carbonyl (C=O) groups is 2. The van der Waals surface area contributed by atoms with E-state index in [1.54, 1.807) is 20.8 Å². The van der Waals surface area contributed by atoms with E-state index in [0.29, 0.717) is 0 Å². The van der Waals surface area contributed by atoms with Crippen molar-refractivity contribution in [1.82, 2.24) is 0 Å². The van der Waals surface area contributed by atoms with Crippen molar-refractivity contribution in [2.45, 2.75) is 37.4 Å². The van der Waals surface area contributed by atoms with E-state index in [4.69, 9.17) is 4.74 Å². The topological polar surface area (TPSA) is 64.6 Å². The van der Waals surface area contributed by atoms with Gasteiger partial charge in [-0.3, -0.25) is 10.1 Å². The number of esters is 1. The monoisotopic (exact) mass is 365 g/mol. The van der Waals surface area contributed by atoms with Crippen LogP contribution in [-0.4, -0.2) is 30.5 Å². The van der Waals surface area contributed by atoms with Gasteiger partial charge in [-0.05, 0) is 39.0 Å². The molecule has 0 aliphatic rings. The third kappa shape index (κ3) is 6.69. The van der Waals surface area contributed by atoms with E-state index < -0.39 is 29.4 Å². The van der Waals surface area contributed by atoms with Crippen LogP contribution in [0.1, 0.15) is 26.3 Å². The third-order valence-electron chi connectivity index (χ3n) is 2.52. The number of amides is 1. The molecule has 1 N–H and O–H groups in total. The van der Waals surface area contributed by atoms with E-state index in [2.05, 4.69) is 10.1 Å². The Hall–Kier alpha value is -1.90. The maximum absolute atomic E-state index is 12.8. The summed E-state index contributed by atoms with van der Waals surface area (Å²) in [5.41, 5.74) is -1.52.